The maximum absolute atomic E-state index is 11.5. The van der Waals surface area contributed by atoms with Crippen molar-refractivity contribution in [2.45, 2.75) is 32.7 Å². The number of likely N-dealkylation sites (tertiary alicyclic amines) is 1. The van der Waals surface area contributed by atoms with E-state index in [9.17, 15) is 9.90 Å². The molecule has 3 nitrogen and oxygen atoms in total. The number of nitrogens with zero attached hydrogens (tertiary/aromatic N) is 1. The first-order valence-electron chi connectivity index (χ1n) is 5.23. The molecule has 15 heavy (non-hydrogen) atoms. The molecule has 5 heteroatoms. The van der Waals surface area contributed by atoms with Gasteiger partial charge in [0.15, 0.2) is 4.99 Å². The molecule has 0 bridgehead atoms. The molecule has 3 atom stereocenters. The molecule has 1 fully saturated rings. The normalized spacial score (nSPS) is 32.6. The van der Waals surface area contributed by atoms with Crippen LogP contribution in [-0.2, 0) is 0 Å². The quantitative estimate of drug-likeness (QED) is 0.448. The smallest absolute Gasteiger partial charge is 0.435 e. The fraction of sp³-hybridized carbons (Fsp3) is 0.800. The van der Waals surface area contributed by atoms with Crippen LogP contribution < -0.4 is 0 Å². The van der Waals surface area contributed by atoms with E-state index in [1.54, 1.807) is 0 Å². The zero-order chi connectivity index (χ0) is 11.6. The number of hydrogen-bond donors (Lipinski definition) is 2. The van der Waals surface area contributed by atoms with Gasteiger partial charge in [0.2, 0.25) is 0 Å². The summed E-state index contributed by atoms with van der Waals surface area (Å²) in [7, 11) is 0. The van der Waals surface area contributed by atoms with E-state index in [1.807, 2.05) is 13.8 Å². The fourth-order valence-corrected chi connectivity index (χ4v) is 2.98. The van der Waals surface area contributed by atoms with Crippen molar-refractivity contribution in [3.8, 4) is 0 Å². The molecule has 1 rings (SSSR count). The van der Waals surface area contributed by atoms with Crippen molar-refractivity contribution in [2.75, 3.05) is 12.3 Å². The van der Waals surface area contributed by atoms with Crippen molar-refractivity contribution in [1.29, 1.82) is 0 Å². The van der Waals surface area contributed by atoms with Gasteiger partial charge < -0.3 is 5.11 Å². The van der Waals surface area contributed by atoms with E-state index in [0.29, 0.717) is 17.3 Å². The van der Waals surface area contributed by atoms with Crippen molar-refractivity contribution >= 4 is 35.9 Å². The number of quaternary nitrogens is 1. The minimum Gasteiger partial charge on any atom is -0.435 e. The molecule has 1 aliphatic heterocycles. The third-order valence-electron chi connectivity index (χ3n) is 3.32. The van der Waals surface area contributed by atoms with Crippen LogP contribution in [-0.4, -0.2) is 39.0 Å². The molecule has 0 spiro atoms. The number of carbonyl (C=O) groups is 1. The summed E-state index contributed by atoms with van der Waals surface area (Å²) in [6, 6.07) is 0.0948. The van der Waals surface area contributed by atoms with Crippen molar-refractivity contribution in [2.24, 2.45) is 5.92 Å². The van der Waals surface area contributed by atoms with Gasteiger partial charge in [-0.05, 0) is 19.1 Å². The van der Waals surface area contributed by atoms with Crippen LogP contribution in [0.3, 0.4) is 0 Å². The molecule has 1 aliphatic rings. The van der Waals surface area contributed by atoms with Crippen molar-refractivity contribution < 1.29 is 14.4 Å². The van der Waals surface area contributed by atoms with Crippen molar-refractivity contribution in [1.82, 2.24) is 0 Å². The molecular weight excluding hydrogens is 230 g/mol. The third-order valence-corrected chi connectivity index (χ3v) is 4.59. The maximum Gasteiger partial charge on any atom is 0.519 e. The van der Waals surface area contributed by atoms with Crippen LogP contribution in [0.2, 0.25) is 0 Å². The highest BCUT2D eigenvalue weighted by Crippen LogP contribution is 2.31. The SMILES string of the molecule is CC(CS)C(=S)[N+]1(C(=O)O)CCC[C@H]1C. The second-order valence-electron chi connectivity index (χ2n) is 4.29. The van der Waals surface area contributed by atoms with E-state index < -0.39 is 6.09 Å². The summed E-state index contributed by atoms with van der Waals surface area (Å²) < 4.78 is -0.0307. The predicted octanol–water partition coefficient (Wildman–Crippen LogP) is 2.56. The first-order valence-corrected chi connectivity index (χ1v) is 6.27. The minimum absolute atomic E-state index is 0.0307. The van der Waals surface area contributed by atoms with Gasteiger partial charge in [0.1, 0.15) is 6.04 Å². The molecular formula is C10H18NO2S2+. The van der Waals surface area contributed by atoms with E-state index in [0.717, 1.165) is 12.8 Å². The highest BCUT2D eigenvalue weighted by molar-refractivity contribution is 7.81. The van der Waals surface area contributed by atoms with Gasteiger partial charge in [-0.25, -0.2) is 0 Å². The fourth-order valence-electron chi connectivity index (χ4n) is 2.25. The standard InChI is InChI=1S/C10H17NO2S2/c1-7(6-14)9(15)11(10(12)13)5-3-4-8(11)2/h7-8H,3-6H2,1-2H3,(H-,12,13,14)/p+1/t7?,8-,11?/m1/s1. The average Bonchev–Trinajstić information content (AvgIpc) is 2.58. The second kappa shape index (κ2) is 4.80. The second-order valence-corrected chi connectivity index (χ2v) is 5.07. The van der Waals surface area contributed by atoms with Crippen LogP contribution in [0.25, 0.3) is 0 Å². The van der Waals surface area contributed by atoms with Crippen LogP contribution in [0.5, 0.6) is 0 Å². The van der Waals surface area contributed by atoms with E-state index in [-0.39, 0.29) is 16.4 Å². The monoisotopic (exact) mass is 248 g/mol. The van der Waals surface area contributed by atoms with Crippen LogP contribution in [0.1, 0.15) is 26.7 Å². The molecule has 0 aliphatic carbocycles. The Morgan fingerprint density at radius 1 is 1.73 bits per heavy atom. The molecule has 0 aromatic rings. The first-order chi connectivity index (χ1) is 6.96. The van der Waals surface area contributed by atoms with Crippen LogP contribution in [0.15, 0.2) is 0 Å². The predicted molar refractivity (Wildman–Crippen MR) is 67.5 cm³/mol. The molecule has 1 saturated heterocycles. The van der Waals surface area contributed by atoms with E-state index in [1.165, 1.54) is 0 Å². The number of hydrogen-bond acceptors (Lipinski definition) is 3. The first kappa shape index (κ1) is 12.9. The summed E-state index contributed by atoms with van der Waals surface area (Å²) in [5.74, 6) is 0.679. The molecule has 1 heterocycles. The number of thiol groups is 1. The summed E-state index contributed by atoms with van der Waals surface area (Å²) in [6.07, 6.45) is 1.07. The van der Waals surface area contributed by atoms with Crippen LogP contribution in [0.4, 0.5) is 4.79 Å². The summed E-state index contributed by atoms with van der Waals surface area (Å²) in [4.78, 5) is 12.1. The molecule has 0 aromatic carbocycles. The topological polar surface area (TPSA) is 37.3 Å². The highest BCUT2D eigenvalue weighted by Gasteiger charge is 2.51. The Morgan fingerprint density at radius 2 is 2.33 bits per heavy atom. The lowest BCUT2D eigenvalue weighted by Gasteiger charge is -2.34. The number of thiocarbonyl (C=S) groups is 1. The summed E-state index contributed by atoms with van der Waals surface area (Å²) in [5.41, 5.74) is 0. The summed E-state index contributed by atoms with van der Waals surface area (Å²) >= 11 is 9.54. The van der Waals surface area contributed by atoms with Gasteiger partial charge in [0, 0.05) is 18.6 Å². The largest absolute Gasteiger partial charge is 0.519 e. The number of rotatable bonds is 2. The molecule has 2 unspecified atom stereocenters. The highest BCUT2D eigenvalue weighted by atomic mass is 32.1. The van der Waals surface area contributed by atoms with Gasteiger partial charge in [-0.2, -0.15) is 21.9 Å². The van der Waals surface area contributed by atoms with Crippen molar-refractivity contribution in [3.05, 3.63) is 0 Å². The van der Waals surface area contributed by atoms with E-state index in [2.05, 4.69) is 12.6 Å². The van der Waals surface area contributed by atoms with Crippen LogP contribution >= 0.6 is 24.8 Å². The Bertz CT molecular complexity index is 283. The summed E-state index contributed by atoms with van der Waals surface area (Å²) in [5, 5.41) is 9.41. The lowest BCUT2D eigenvalue weighted by molar-refractivity contribution is -0.777. The summed E-state index contributed by atoms with van der Waals surface area (Å²) in [6.45, 7) is 4.55. The molecule has 0 aromatic heterocycles. The third kappa shape index (κ3) is 2.05. The Labute approximate surface area is 101 Å². The van der Waals surface area contributed by atoms with E-state index in [4.69, 9.17) is 12.2 Å². The van der Waals surface area contributed by atoms with E-state index >= 15 is 0 Å². The molecule has 1 N–H and O–H groups in total. The van der Waals surface area contributed by atoms with Crippen LogP contribution in [0, 0.1) is 5.92 Å². The van der Waals surface area contributed by atoms with Gasteiger partial charge in [-0.15, -0.1) is 0 Å². The Hall–Kier alpha value is -0.130. The number of amides is 1. The average molecular weight is 248 g/mol. The molecule has 86 valence electrons. The van der Waals surface area contributed by atoms with Gasteiger partial charge in [-0.3, -0.25) is 0 Å². The van der Waals surface area contributed by atoms with Gasteiger partial charge in [0.25, 0.3) is 0 Å². The van der Waals surface area contributed by atoms with Gasteiger partial charge >= 0.3 is 6.09 Å². The number of carboxylic acid groups (broad SMARTS) is 1. The molecule has 0 saturated carbocycles. The zero-order valence-electron chi connectivity index (χ0n) is 9.14. The Morgan fingerprint density at radius 3 is 2.67 bits per heavy atom. The zero-order valence-corrected chi connectivity index (χ0v) is 10.9. The lowest BCUT2D eigenvalue weighted by Crippen LogP contribution is -2.59. The Kier molecular flexibility index (Phi) is 4.14. The van der Waals surface area contributed by atoms with Gasteiger partial charge in [0.05, 0.1) is 12.5 Å². The van der Waals surface area contributed by atoms with Gasteiger partial charge in [-0.1, -0.05) is 6.92 Å². The maximum atomic E-state index is 11.5. The Balaban J connectivity index is 3.02. The van der Waals surface area contributed by atoms with Crippen molar-refractivity contribution in [3.63, 3.8) is 0 Å². The minimum atomic E-state index is -0.807. The molecule has 0 radical (unpaired) electrons. The lowest BCUT2D eigenvalue weighted by atomic mass is 10.1. The molecule has 1 amide bonds.